The molecule has 0 radical (unpaired) electrons. The van der Waals surface area contributed by atoms with Crippen molar-refractivity contribution in [2.45, 2.75) is 32.0 Å². The first kappa shape index (κ1) is 20.8. The minimum Gasteiger partial charge on any atom is -0.338 e. The van der Waals surface area contributed by atoms with Gasteiger partial charge in [0, 0.05) is 49.7 Å². The SMILES string of the molecule is C[C@@H]1CCCN1c1nc(Nc2cc(C(F)(F)F)ccn2)cc(-c2ccc(=O)n(C)c2)n1. The average molecular weight is 430 g/mol. The summed E-state index contributed by atoms with van der Waals surface area (Å²) in [5.74, 6) is 0.825. The first-order valence-electron chi connectivity index (χ1n) is 9.84. The van der Waals surface area contributed by atoms with Crippen LogP contribution in [0.25, 0.3) is 11.3 Å². The van der Waals surface area contributed by atoms with Gasteiger partial charge in [-0.15, -0.1) is 0 Å². The van der Waals surface area contributed by atoms with Gasteiger partial charge in [0.05, 0.1) is 11.3 Å². The molecule has 0 unspecified atom stereocenters. The van der Waals surface area contributed by atoms with Crippen molar-refractivity contribution >= 4 is 17.6 Å². The fourth-order valence-electron chi connectivity index (χ4n) is 3.56. The lowest BCUT2D eigenvalue weighted by Gasteiger charge is -2.22. The minimum atomic E-state index is -4.47. The highest BCUT2D eigenvalue weighted by atomic mass is 19.4. The Labute approximate surface area is 176 Å². The average Bonchev–Trinajstić information content (AvgIpc) is 3.15. The van der Waals surface area contributed by atoms with Crippen molar-refractivity contribution in [3.8, 4) is 11.3 Å². The van der Waals surface area contributed by atoms with Crippen LogP contribution >= 0.6 is 0 Å². The lowest BCUT2D eigenvalue weighted by molar-refractivity contribution is -0.137. The normalized spacial score (nSPS) is 16.5. The molecule has 1 saturated heterocycles. The molecule has 0 bridgehead atoms. The maximum Gasteiger partial charge on any atom is 0.416 e. The molecule has 4 heterocycles. The molecule has 0 spiro atoms. The molecule has 1 aliphatic rings. The van der Waals surface area contributed by atoms with Crippen molar-refractivity contribution in [1.82, 2.24) is 19.5 Å². The van der Waals surface area contributed by atoms with Crippen LogP contribution < -0.4 is 15.8 Å². The Hall–Kier alpha value is -3.43. The Kier molecular flexibility index (Phi) is 5.38. The predicted octanol–water partition coefficient (Wildman–Crippen LogP) is 3.99. The second-order valence-corrected chi connectivity index (χ2v) is 7.54. The van der Waals surface area contributed by atoms with Crippen LogP contribution in [-0.2, 0) is 13.2 Å². The van der Waals surface area contributed by atoms with E-state index in [9.17, 15) is 18.0 Å². The zero-order valence-corrected chi connectivity index (χ0v) is 17.0. The van der Waals surface area contributed by atoms with Gasteiger partial charge in [0.2, 0.25) is 11.5 Å². The van der Waals surface area contributed by atoms with Crippen LogP contribution in [0, 0.1) is 0 Å². The van der Waals surface area contributed by atoms with E-state index in [0.29, 0.717) is 23.0 Å². The van der Waals surface area contributed by atoms with E-state index in [1.54, 1.807) is 25.4 Å². The molecule has 3 aromatic heterocycles. The van der Waals surface area contributed by atoms with E-state index in [0.717, 1.165) is 37.7 Å². The van der Waals surface area contributed by atoms with E-state index in [1.165, 1.54) is 10.6 Å². The standard InChI is InChI=1S/C21H21F3N6O/c1-13-4-3-9-30(13)20-26-16(14-5-6-19(31)29(2)12-14)11-18(28-20)27-17-10-15(7-8-25-17)21(22,23)24/h5-8,10-13H,3-4,9H2,1-2H3,(H,25,26,27,28)/t13-/m1/s1. The first-order valence-corrected chi connectivity index (χ1v) is 9.84. The smallest absolute Gasteiger partial charge is 0.338 e. The molecule has 4 rings (SSSR count). The van der Waals surface area contributed by atoms with Gasteiger partial charge < -0.3 is 14.8 Å². The van der Waals surface area contributed by atoms with Gasteiger partial charge in [0.1, 0.15) is 11.6 Å². The van der Waals surface area contributed by atoms with Gasteiger partial charge in [0.15, 0.2) is 0 Å². The van der Waals surface area contributed by atoms with E-state index >= 15 is 0 Å². The Morgan fingerprint density at radius 2 is 1.94 bits per heavy atom. The molecule has 1 fully saturated rings. The molecule has 1 atom stereocenters. The second kappa shape index (κ2) is 8.01. The third kappa shape index (κ3) is 4.52. The fraction of sp³-hybridized carbons (Fsp3) is 0.333. The van der Waals surface area contributed by atoms with Gasteiger partial charge in [0.25, 0.3) is 0 Å². The predicted molar refractivity (Wildman–Crippen MR) is 111 cm³/mol. The molecule has 162 valence electrons. The maximum absolute atomic E-state index is 13.1. The molecule has 7 nitrogen and oxygen atoms in total. The van der Waals surface area contributed by atoms with Crippen LogP contribution in [0.5, 0.6) is 0 Å². The molecular formula is C21H21F3N6O. The van der Waals surface area contributed by atoms with Gasteiger partial charge in [-0.2, -0.15) is 18.2 Å². The molecule has 31 heavy (non-hydrogen) atoms. The van der Waals surface area contributed by atoms with Crippen molar-refractivity contribution in [1.29, 1.82) is 0 Å². The number of hydrogen-bond donors (Lipinski definition) is 1. The van der Waals surface area contributed by atoms with E-state index < -0.39 is 11.7 Å². The van der Waals surface area contributed by atoms with Gasteiger partial charge in [-0.1, -0.05) is 0 Å². The number of halogens is 3. The highest BCUT2D eigenvalue weighted by Crippen LogP contribution is 2.31. The van der Waals surface area contributed by atoms with Crippen molar-refractivity contribution in [2.24, 2.45) is 7.05 Å². The Morgan fingerprint density at radius 3 is 2.61 bits per heavy atom. The van der Waals surface area contributed by atoms with E-state index in [2.05, 4.69) is 32.1 Å². The topological polar surface area (TPSA) is 75.9 Å². The summed E-state index contributed by atoms with van der Waals surface area (Å²) in [5.41, 5.74) is 0.287. The Balaban J connectivity index is 1.76. The number of aryl methyl sites for hydroxylation is 1. The van der Waals surface area contributed by atoms with Crippen LogP contribution in [0.2, 0.25) is 0 Å². The third-order valence-corrected chi connectivity index (χ3v) is 5.25. The molecule has 0 saturated carbocycles. The molecule has 3 aromatic rings. The van der Waals surface area contributed by atoms with Gasteiger partial charge >= 0.3 is 6.18 Å². The van der Waals surface area contributed by atoms with Crippen molar-refractivity contribution in [2.75, 3.05) is 16.8 Å². The summed E-state index contributed by atoms with van der Waals surface area (Å²) in [6.07, 6.45) is 0.303. The summed E-state index contributed by atoms with van der Waals surface area (Å²) in [7, 11) is 1.64. The number of aromatic nitrogens is 4. The van der Waals surface area contributed by atoms with Crippen LogP contribution in [0.4, 0.5) is 30.8 Å². The van der Waals surface area contributed by atoms with E-state index in [1.807, 2.05) is 0 Å². The molecule has 1 aliphatic heterocycles. The number of nitrogens with zero attached hydrogens (tertiary/aromatic N) is 5. The molecule has 1 N–H and O–H groups in total. The number of rotatable bonds is 4. The number of pyridine rings is 2. The highest BCUT2D eigenvalue weighted by Gasteiger charge is 2.31. The van der Waals surface area contributed by atoms with Crippen LogP contribution in [0.3, 0.4) is 0 Å². The molecule has 0 amide bonds. The third-order valence-electron chi connectivity index (χ3n) is 5.25. The summed E-state index contributed by atoms with van der Waals surface area (Å²) >= 11 is 0. The van der Waals surface area contributed by atoms with Crippen molar-refractivity contribution in [3.05, 3.63) is 58.6 Å². The summed E-state index contributed by atoms with van der Waals surface area (Å²) in [6, 6.07) is 6.83. The van der Waals surface area contributed by atoms with Crippen molar-refractivity contribution < 1.29 is 13.2 Å². The lowest BCUT2D eigenvalue weighted by atomic mass is 10.2. The van der Waals surface area contributed by atoms with Crippen LogP contribution in [0.1, 0.15) is 25.3 Å². The number of hydrogen-bond acceptors (Lipinski definition) is 6. The number of nitrogens with one attached hydrogen (secondary N) is 1. The monoisotopic (exact) mass is 430 g/mol. The van der Waals surface area contributed by atoms with Crippen LogP contribution in [-0.4, -0.2) is 32.1 Å². The second-order valence-electron chi connectivity index (χ2n) is 7.54. The summed E-state index contributed by atoms with van der Waals surface area (Å²) in [4.78, 5) is 27.0. The first-order chi connectivity index (χ1) is 14.7. The maximum atomic E-state index is 13.1. The number of anilines is 3. The lowest BCUT2D eigenvalue weighted by Crippen LogP contribution is -2.28. The van der Waals surface area contributed by atoms with Gasteiger partial charge in [-0.05, 0) is 38.0 Å². The Morgan fingerprint density at radius 1 is 1.13 bits per heavy atom. The highest BCUT2D eigenvalue weighted by molar-refractivity contribution is 5.66. The fourth-order valence-corrected chi connectivity index (χ4v) is 3.56. The molecule has 0 aromatic carbocycles. The van der Waals surface area contributed by atoms with Gasteiger partial charge in [-0.3, -0.25) is 4.79 Å². The van der Waals surface area contributed by atoms with Gasteiger partial charge in [-0.25, -0.2) is 9.97 Å². The van der Waals surface area contributed by atoms with E-state index in [4.69, 9.17) is 0 Å². The zero-order valence-electron chi connectivity index (χ0n) is 17.0. The minimum absolute atomic E-state index is 0.0281. The molecular weight excluding hydrogens is 409 g/mol. The van der Waals surface area contributed by atoms with Crippen molar-refractivity contribution in [3.63, 3.8) is 0 Å². The van der Waals surface area contributed by atoms with E-state index in [-0.39, 0.29) is 17.4 Å². The quantitative estimate of drug-likeness (QED) is 0.675. The summed E-state index contributed by atoms with van der Waals surface area (Å²) in [5, 5.41) is 2.87. The summed E-state index contributed by atoms with van der Waals surface area (Å²) < 4.78 is 40.6. The molecule has 0 aliphatic carbocycles. The number of alkyl halides is 3. The largest absolute Gasteiger partial charge is 0.416 e. The molecule has 10 heteroatoms. The Bertz CT molecular complexity index is 1160. The zero-order chi connectivity index (χ0) is 22.2. The summed E-state index contributed by atoms with van der Waals surface area (Å²) in [6.45, 7) is 2.87. The van der Waals surface area contributed by atoms with Crippen LogP contribution in [0.15, 0.2) is 47.5 Å².